The number of halogens is 3. The summed E-state index contributed by atoms with van der Waals surface area (Å²) in [5.41, 5.74) is 0.936. The van der Waals surface area contributed by atoms with E-state index in [1.165, 1.54) is 7.11 Å². The molecule has 0 amide bonds. The topological polar surface area (TPSA) is 38.3 Å². The molecular formula is C12H14BrCl2NO2. The largest absolute Gasteiger partial charge is 0.468 e. The van der Waals surface area contributed by atoms with Crippen molar-refractivity contribution in [1.29, 1.82) is 0 Å². The van der Waals surface area contributed by atoms with Crippen LogP contribution in [-0.4, -0.2) is 24.5 Å². The summed E-state index contributed by atoms with van der Waals surface area (Å²) in [7, 11) is 1.36. The lowest BCUT2D eigenvalue weighted by atomic mass is 10.1. The number of nitrogens with one attached hydrogen (secondary N) is 1. The van der Waals surface area contributed by atoms with Gasteiger partial charge in [-0.15, -0.1) is 0 Å². The minimum Gasteiger partial charge on any atom is -0.468 e. The van der Waals surface area contributed by atoms with Crippen molar-refractivity contribution < 1.29 is 9.53 Å². The van der Waals surface area contributed by atoms with Crippen LogP contribution in [-0.2, 0) is 9.53 Å². The fourth-order valence-corrected chi connectivity index (χ4v) is 2.40. The maximum atomic E-state index is 11.2. The average Bonchev–Trinajstić information content (AvgIpc) is 2.34. The lowest BCUT2D eigenvalue weighted by Gasteiger charge is -2.17. The third-order valence-electron chi connectivity index (χ3n) is 2.49. The molecule has 0 saturated heterocycles. The zero-order valence-electron chi connectivity index (χ0n) is 10.0. The molecule has 0 aliphatic heterocycles. The van der Waals surface area contributed by atoms with Gasteiger partial charge in [0.2, 0.25) is 0 Å². The Hall–Kier alpha value is -0.290. The maximum Gasteiger partial charge on any atom is 0.320 e. The molecule has 0 aromatic heterocycles. The van der Waals surface area contributed by atoms with Crippen LogP contribution in [0.15, 0.2) is 18.2 Å². The number of hydrogen-bond acceptors (Lipinski definition) is 3. The molecule has 0 aliphatic carbocycles. The van der Waals surface area contributed by atoms with Crippen molar-refractivity contribution in [1.82, 2.24) is 5.32 Å². The lowest BCUT2D eigenvalue weighted by Crippen LogP contribution is -2.31. The number of esters is 1. The molecule has 2 unspecified atom stereocenters. The molecule has 100 valence electrons. The Morgan fingerprint density at radius 3 is 2.72 bits per heavy atom. The van der Waals surface area contributed by atoms with Gasteiger partial charge in [0.05, 0.1) is 7.11 Å². The van der Waals surface area contributed by atoms with Crippen LogP contribution >= 0.6 is 39.1 Å². The molecule has 0 spiro atoms. The first-order valence-electron chi connectivity index (χ1n) is 5.36. The van der Waals surface area contributed by atoms with Gasteiger partial charge in [-0.05, 0) is 24.6 Å². The molecule has 0 radical (unpaired) electrons. The summed E-state index contributed by atoms with van der Waals surface area (Å²) in [6.07, 6.45) is 0. The van der Waals surface area contributed by atoms with E-state index in [1.54, 1.807) is 12.1 Å². The van der Waals surface area contributed by atoms with Gasteiger partial charge in [0.25, 0.3) is 0 Å². The number of carbonyl (C=O) groups excluding carboxylic acids is 1. The second-order valence-electron chi connectivity index (χ2n) is 3.79. The molecule has 6 heteroatoms. The van der Waals surface area contributed by atoms with Crippen LogP contribution in [0.25, 0.3) is 0 Å². The summed E-state index contributed by atoms with van der Waals surface area (Å²) >= 11 is 15.2. The van der Waals surface area contributed by atoms with Crippen LogP contribution in [0.4, 0.5) is 0 Å². The van der Waals surface area contributed by atoms with Crippen LogP contribution in [0.3, 0.4) is 0 Å². The molecular weight excluding hydrogens is 341 g/mol. The Balaban J connectivity index is 2.60. The van der Waals surface area contributed by atoms with Gasteiger partial charge in [-0.1, -0.05) is 45.2 Å². The van der Waals surface area contributed by atoms with Gasteiger partial charge < -0.3 is 10.1 Å². The molecule has 1 aromatic carbocycles. The van der Waals surface area contributed by atoms with Crippen molar-refractivity contribution in [2.24, 2.45) is 0 Å². The summed E-state index contributed by atoms with van der Waals surface area (Å²) < 4.78 is 4.62. The van der Waals surface area contributed by atoms with Gasteiger partial charge in [0.15, 0.2) is 0 Å². The summed E-state index contributed by atoms with van der Waals surface area (Å²) in [5, 5.41) is 4.40. The first-order chi connectivity index (χ1) is 8.45. The number of rotatable bonds is 5. The average molecular weight is 355 g/mol. The van der Waals surface area contributed by atoms with Crippen molar-refractivity contribution in [3.05, 3.63) is 33.8 Å². The number of hydrogen-bond donors (Lipinski definition) is 1. The zero-order valence-corrected chi connectivity index (χ0v) is 13.1. The molecule has 1 N–H and O–H groups in total. The highest BCUT2D eigenvalue weighted by Gasteiger charge is 2.17. The Labute approximate surface area is 125 Å². The summed E-state index contributed by atoms with van der Waals surface area (Å²) in [6, 6.07) is 5.36. The quantitative estimate of drug-likeness (QED) is 0.648. The molecule has 0 saturated carbocycles. The van der Waals surface area contributed by atoms with Crippen molar-refractivity contribution in [3.63, 3.8) is 0 Å². The first-order valence-corrected chi connectivity index (χ1v) is 7.03. The third kappa shape index (κ3) is 4.43. The van der Waals surface area contributed by atoms with E-state index in [-0.39, 0.29) is 16.8 Å². The normalized spacial score (nSPS) is 14.1. The van der Waals surface area contributed by atoms with Gasteiger partial charge in [0.1, 0.15) is 4.83 Å². The highest BCUT2D eigenvalue weighted by Crippen LogP contribution is 2.26. The predicted octanol–water partition coefficient (Wildman–Crippen LogP) is 3.58. The lowest BCUT2D eigenvalue weighted by molar-refractivity contribution is -0.139. The van der Waals surface area contributed by atoms with Gasteiger partial charge in [-0.3, -0.25) is 4.79 Å². The second-order valence-corrected chi connectivity index (χ2v) is 5.74. The van der Waals surface area contributed by atoms with Gasteiger partial charge in [-0.2, -0.15) is 0 Å². The van der Waals surface area contributed by atoms with Crippen LogP contribution < -0.4 is 5.32 Å². The molecule has 0 aliphatic rings. The Morgan fingerprint density at radius 1 is 1.50 bits per heavy atom. The van der Waals surface area contributed by atoms with E-state index in [0.717, 1.165) is 5.56 Å². The number of benzene rings is 1. The van der Waals surface area contributed by atoms with Crippen LogP contribution in [0.1, 0.15) is 18.5 Å². The van der Waals surface area contributed by atoms with E-state index < -0.39 is 0 Å². The molecule has 0 fully saturated rings. The van der Waals surface area contributed by atoms with Crippen molar-refractivity contribution >= 4 is 45.1 Å². The smallest absolute Gasteiger partial charge is 0.320 e. The maximum absolute atomic E-state index is 11.2. The van der Waals surface area contributed by atoms with Crippen molar-refractivity contribution in [3.8, 4) is 0 Å². The standard InChI is InChI=1S/C12H14BrCl2NO2/c1-7(16-6-10(13)12(17)18-2)9-4-3-8(14)5-11(9)15/h3-5,7,10,16H,6H2,1-2H3. The van der Waals surface area contributed by atoms with E-state index in [1.807, 2.05) is 13.0 Å². The second kappa shape index (κ2) is 7.34. The fraction of sp³-hybridized carbons (Fsp3) is 0.417. The SMILES string of the molecule is COC(=O)C(Br)CNC(C)c1ccc(Cl)cc1Cl. The van der Waals surface area contributed by atoms with Crippen molar-refractivity contribution in [2.45, 2.75) is 17.8 Å². The Bertz CT molecular complexity index is 429. The van der Waals surface area contributed by atoms with E-state index >= 15 is 0 Å². The van der Waals surface area contributed by atoms with Crippen LogP contribution in [0.5, 0.6) is 0 Å². The molecule has 2 atom stereocenters. The highest BCUT2D eigenvalue weighted by molar-refractivity contribution is 9.10. The van der Waals surface area contributed by atoms with E-state index in [0.29, 0.717) is 16.6 Å². The monoisotopic (exact) mass is 353 g/mol. The molecule has 3 nitrogen and oxygen atoms in total. The van der Waals surface area contributed by atoms with Gasteiger partial charge >= 0.3 is 5.97 Å². The van der Waals surface area contributed by atoms with E-state index in [4.69, 9.17) is 23.2 Å². The first kappa shape index (κ1) is 15.8. The molecule has 0 heterocycles. The number of alkyl halides is 1. The minimum absolute atomic E-state index is 0.0134. The highest BCUT2D eigenvalue weighted by atomic mass is 79.9. The van der Waals surface area contributed by atoms with Gasteiger partial charge in [-0.25, -0.2) is 0 Å². The molecule has 1 aromatic rings. The Kier molecular flexibility index (Phi) is 6.43. The minimum atomic E-state index is -0.379. The summed E-state index contributed by atoms with van der Waals surface area (Å²) in [5.74, 6) is -0.308. The third-order valence-corrected chi connectivity index (χ3v) is 3.75. The van der Waals surface area contributed by atoms with Gasteiger partial charge in [0, 0.05) is 22.6 Å². The van der Waals surface area contributed by atoms with Crippen LogP contribution in [0, 0.1) is 0 Å². The fourth-order valence-electron chi connectivity index (χ4n) is 1.45. The van der Waals surface area contributed by atoms with E-state index in [9.17, 15) is 4.79 Å². The Morgan fingerprint density at radius 2 is 2.17 bits per heavy atom. The molecule has 0 bridgehead atoms. The summed E-state index contributed by atoms with van der Waals surface area (Å²) in [4.78, 5) is 10.8. The van der Waals surface area contributed by atoms with Crippen LogP contribution in [0.2, 0.25) is 10.0 Å². The zero-order chi connectivity index (χ0) is 13.7. The number of carbonyl (C=O) groups is 1. The predicted molar refractivity (Wildman–Crippen MR) is 77.6 cm³/mol. The summed E-state index contributed by atoms with van der Waals surface area (Å²) in [6.45, 7) is 2.42. The number of ether oxygens (including phenoxy) is 1. The van der Waals surface area contributed by atoms with Crippen molar-refractivity contribution in [2.75, 3.05) is 13.7 Å². The molecule has 1 rings (SSSR count). The molecule has 18 heavy (non-hydrogen) atoms. The number of methoxy groups -OCH3 is 1. The van der Waals surface area contributed by atoms with E-state index in [2.05, 4.69) is 26.0 Å².